The maximum atomic E-state index is 12.3. The van der Waals surface area contributed by atoms with Crippen LogP contribution in [0.15, 0.2) is 18.2 Å². The Morgan fingerprint density at radius 1 is 1.22 bits per heavy atom. The molecule has 0 aliphatic carbocycles. The largest absolute Gasteiger partial charge is 0.483 e. The van der Waals surface area contributed by atoms with Crippen molar-refractivity contribution in [3.63, 3.8) is 0 Å². The molecule has 1 fully saturated rings. The maximum Gasteiger partial charge on any atom is 0.309 e. The maximum absolute atomic E-state index is 12.3. The van der Waals surface area contributed by atoms with Gasteiger partial charge in [-0.15, -0.1) is 0 Å². The summed E-state index contributed by atoms with van der Waals surface area (Å²) < 4.78 is 10.7. The van der Waals surface area contributed by atoms with Crippen LogP contribution in [0, 0.1) is 19.8 Å². The molecule has 1 amide bonds. The summed E-state index contributed by atoms with van der Waals surface area (Å²) in [5.74, 6) is 0.484. The first-order valence-corrected chi connectivity index (χ1v) is 8.15. The number of ether oxygens (including phenoxy) is 2. The Labute approximate surface area is 137 Å². The smallest absolute Gasteiger partial charge is 0.309 e. The number of likely N-dealkylation sites (tertiary alicyclic amines) is 1. The van der Waals surface area contributed by atoms with Crippen LogP contribution in [0.5, 0.6) is 5.75 Å². The van der Waals surface area contributed by atoms with Crippen LogP contribution in [0.1, 0.15) is 30.9 Å². The fourth-order valence-electron chi connectivity index (χ4n) is 2.72. The van der Waals surface area contributed by atoms with Gasteiger partial charge in [0.1, 0.15) is 5.75 Å². The molecule has 0 atom stereocenters. The third kappa shape index (κ3) is 4.71. The Morgan fingerprint density at radius 3 is 2.57 bits per heavy atom. The highest BCUT2D eigenvalue weighted by molar-refractivity contribution is 5.78. The van der Waals surface area contributed by atoms with Crippen molar-refractivity contribution in [1.82, 2.24) is 4.90 Å². The summed E-state index contributed by atoms with van der Waals surface area (Å²) in [7, 11) is 0. The standard InChI is InChI=1S/C18H25NO4/c1-4-22-18(21)15-7-9-19(10-8-15)17(20)12-23-16-11-13(2)5-6-14(16)3/h5-6,11,15H,4,7-10,12H2,1-3H3. The van der Waals surface area contributed by atoms with Gasteiger partial charge in [0, 0.05) is 13.1 Å². The molecule has 23 heavy (non-hydrogen) atoms. The van der Waals surface area contributed by atoms with E-state index in [1.54, 1.807) is 11.8 Å². The number of amides is 1. The number of aryl methyl sites for hydroxylation is 2. The van der Waals surface area contributed by atoms with E-state index in [9.17, 15) is 9.59 Å². The molecule has 0 unspecified atom stereocenters. The molecule has 1 aromatic carbocycles. The molecule has 0 saturated carbocycles. The van der Waals surface area contributed by atoms with E-state index in [2.05, 4.69) is 0 Å². The van der Waals surface area contributed by atoms with Crippen molar-refractivity contribution in [2.45, 2.75) is 33.6 Å². The Kier molecular flexibility index (Phi) is 6.02. The van der Waals surface area contributed by atoms with Crippen LogP contribution in [0.25, 0.3) is 0 Å². The number of carbonyl (C=O) groups excluding carboxylic acids is 2. The molecule has 1 aliphatic rings. The van der Waals surface area contributed by atoms with Crippen LogP contribution in [0.3, 0.4) is 0 Å². The van der Waals surface area contributed by atoms with Gasteiger partial charge in [0.15, 0.2) is 6.61 Å². The van der Waals surface area contributed by atoms with E-state index in [0.29, 0.717) is 32.5 Å². The van der Waals surface area contributed by atoms with Gasteiger partial charge in [-0.25, -0.2) is 0 Å². The van der Waals surface area contributed by atoms with E-state index < -0.39 is 0 Å². The first kappa shape index (κ1) is 17.3. The highest BCUT2D eigenvalue weighted by Crippen LogP contribution is 2.21. The zero-order valence-electron chi connectivity index (χ0n) is 14.1. The van der Waals surface area contributed by atoms with Gasteiger partial charge in [-0.05, 0) is 50.8 Å². The highest BCUT2D eigenvalue weighted by atomic mass is 16.5. The average Bonchev–Trinajstić information content (AvgIpc) is 2.55. The molecule has 5 heteroatoms. The van der Waals surface area contributed by atoms with Gasteiger partial charge in [0.05, 0.1) is 12.5 Å². The second kappa shape index (κ2) is 7.99. The molecule has 0 spiro atoms. The normalized spacial score (nSPS) is 15.3. The Balaban J connectivity index is 1.81. The van der Waals surface area contributed by atoms with Crippen molar-refractivity contribution >= 4 is 11.9 Å². The number of hydrogen-bond donors (Lipinski definition) is 0. The molecule has 0 radical (unpaired) electrons. The van der Waals surface area contributed by atoms with E-state index in [0.717, 1.165) is 16.9 Å². The van der Waals surface area contributed by atoms with Crippen molar-refractivity contribution in [2.24, 2.45) is 5.92 Å². The summed E-state index contributed by atoms with van der Waals surface area (Å²) in [6, 6.07) is 5.94. The van der Waals surface area contributed by atoms with Crippen molar-refractivity contribution in [3.8, 4) is 5.75 Å². The lowest BCUT2D eigenvalue weighted by molar-refractivity contribution is -0.151. The summed E-state index contributed by atoms with van der Waals surface area (Å²) in [6.45, 7) is 7.37. The topological polar surface area (TPSA) is 55.8 Å². The molecule has 126 valence electrons. The molecule has 1 heterocycles. The lowest BCUT2D eigenvalue weighted by atomic mass is 9.97. The van der Waals surface area contributed by atoms with E-state index in [-0.39, 0.29) is 24.4 Å². The first-order chi connectivity index (χ1) is 11.0. The molecule has 1 saturated heterocycles. The molecule has 1 aromatic rings. The first-order valence-electron chi connectivity index (χ1n) is 8.15. The van der Waals surface area contributed by atoms with Crippen LogP contribution >= 0.6 is 0 Å². The minimum absolute atomic E-state index is 0.0341. The molecule has 0 N–H and O–H groups in total. The molecule has 0 aromatic heterocycles. The van der Waals surface area contributed by atoms with Crippen LogP contribution in [-0.2, 0) is 14.3 Å². The van der Waals surface area contributed by atoms with Crippen molar-refractivity contribution in [3.05, 3.63) is 29.3 Å². The van der Waals surface area contributed by atoms with Gasteiger partial charge in [0.25, 0.3) is 5.91 Å². The fourth-order valence-corrected chi connectivity index (χ4v) is 2.72. The third-order valence-corrected chi connectivity index (χ3v) is 4.16. The van der Waals surface area contributed by atoms with Gasteiger partial charge < -0.3 is 14.4 Å². The lowest BCUT2D eigenvalue weighted by Gasteiger charge is -2.30. The predicted octanol–water partition coefficient (Wildman–Crippen LogP) is 2.48. The number of esters is 1. The van der Waals surface area contributed by atoms with Crippen molar-refractivity contribution in [2.75, 3.05) is 26.3 Å². The quantitative estimate of drug-likeness (QED) is 0.783. The number of rotatable bonds is 5. The molecular weight excluding hydrogens is 294 g/mol. The predicted molar refractivity (Wildman–Crippen MR) is 87.3 cm³/mol. The molecule has 5 nitrogen and oxygen atoms in total. The van der Waals surface area contributed by atoms with Gasteiger partial charge >= 0.3 is 5.97 Å². The zero-order chi connectivity index (χ0) is 16.8. The number of piperidine rings is 1. The van der Waals surface area contributed by atoms with Crippen LogP contribution < -0.4 is 4.74 Å². The SMILES string of the molecule is CCOC(=O)C1CCN(C(=O)COc2cc(C)ccc2C)CC1. The van der Waals surface area contributed by atoms with E-state index in [1.807, 2.05) is 32.0 Å². The lowest BCUT2D eigenvalue weighted by Crippen LogP contribution is -2.42. The summed E-state index contributed by atoms with van der Waals surface area (Å²) in [6.07, 6.45) is 1.32. The number of carbonyl (C=O) groups is 2. The minimum atomic E-state index is -0.147. The Bertz CT molecular complexity index is 562. The van der Waals surface area contributed by atoms with Crippen molar-refractivity contribution in [1.29, 1.82) is 0 Å². The summed E-state index contributed by atoms with van der Waals surface area (Å²) in [5, 5.41) is 0. The van der Waals surface area contributed by atoms with E-state index in [1.165, 1.54) is 0 Å². The van der Waals surface area contributed by atoms with E-state index in [4.69, 9.17) is 9.47 Å². The number of hydrogen-bond acceptors (Lipinski definition) is 4. The van der Waals surface area contributed by atoms with Crippen LogP contribution in [0.4, 0.5) is 0 Å². The second-order valence-corrected chi connectivity index (χ2v) is 5.96. The molecule has 0 bridgehead atoms. The summed E-state index contributed by atoms with van der Waals surface area (Å²) in [5.41, 5.74) is 2.12. The summed E-state index contributed by atoms with van der Waals surface area (Å²) >= 11 is 0. The third-order valence-electron chi connectivity index (χ3n) is 4.16. The molecular formula is C18H25NO4. The minimum Gasteiger partial charge on any atom is -0.483 e. The van der Waals surface area contributed by atoms with Gasteiger partial charge in [-0.1, -0.05) is 12.1 Å². The van der Waals surface area contributed by atoms with E-state index >= 15 is 0 Å². The van der Waals surface area contributed by atoms with Crippen LogP contribution in [-0.4, -0.2) is 43.1 Å². The molecule has 2 rings (SSSR count). The van der Waals surface area contributed by atoms with Gasteiger partial charge in [0.2, 0.25) is 0 Å². The monoisotopic (exact) mass is 319 g/mol. The van der Waals surface area contributed by atoms with Gasteiger partial charge in [-0.3, -0.25) is 9.59 Å². The zero-order valence-corrected chi connectivity index (χ0v) is 14.1. The second-order valence-electron chi connectivity index (χ2n) is 5.96. The number of benzene rings is 1. The average molecular weight is 319 g/mol. The fraction of sp³-hybridized carbons (Fsp3) is 0.556. The number of nitrogens with zero attached hydrogens (tertiary/aromatic N) is 1. The Hall–Kier alpha value is -2.04. The Morgan fingerprint density at radius 2 is 1.91 bits per heavy atom. The van der Waals surface area contributed by atoms with Gasteiger partial charge in [-0.2, -0.15) is 0 Å². The highest BCUT2D eigenvalue weighted by Gasteiger charge is 2.28. The van der Waals surface area contributed by atoms with Crippen molar-refractivity contribution < 1.29 is 19.1 Å². The summed E-state index contributed by atoms with van der Waals surface area (Å²) in [4.78, 5) is 25.7. The molecule has 1 aliphatic heterocycles. The van der Waals surface area contributed by atoms with Crippen LogP contribution in [0.2, 0.25) is 0 Å².